The summed E-state index contributed by atoms with van der Waals surface area (Å²) < 4.78 is 28.3. The average Bonchev–Trinajstić information content (AvgIpc) is 2.47. The molecule has 2 fully saturated rings. The minimum absolute atomic E-state index is 0.0363. The fourth-order valence-corrected chi connectivity index (χ4v) is 4.26. The van der Waals surface area contributed by atoms with Gasteiger partial charge >= 0.3 is 0 Å². The molecule has 0 radical (unpaired) electrons. The van der Waals surface area contributed by atoms with Crippen LogP contribution < -0.4 is 0 Å². The molecule has 0 aliphatic carbocycles. The van der Waals surface area contributed by atoms with E-state index < -0.39 is 10.2 Å². The normalized spacial score (nSPS) is 23.7. The van der Waals surface area contributed by atoms with Gasteiger partial charge in [-0.3, -0.25) is 4.79 Å². The maximum absolute atomic E-state index is 12.6. The van der Waals surface area contributed by atoms with Gasteiger partial charge in [0.15, 0.2) is 0 Å². The zero-order chi connectivity index (χ0) is 15.6. The topological polar surface area (TPSA) is 64.2 Å². The highest BCUT2D eigenvalue weighted by Gasteiger charge is 2.34. The third kappa shape index (κ3) is 3.74. The van der Waals surface area contributed by atoms with E-state index in [0.717, 1.165) is 13.1 Å². The molecule has 7 nitrogen and oxygen atoms in total. The molecule has 2 rings (SSSR count). The van der Waals surface area contributed by atoms with Crippen molar-refractivity contribution in [1.82, 2.24) is 18.4 Å². The molecule has 0 atom stereocenters. The van der Waals surface area contributed by atoms with Crippen molar-refractivity contribution in [1.29, 1.82) is 0 Å². The predicted molar refractivity (Wildman–Crippen MR) is 81.0 cm³/mol. The molecule has 0 unspecified atom stereocenters. The van der Waals surface area contributed by atoms with Gasteiger partial charge in [-0.1, -0.05) is 13.8 Å². The largest absolute Gasteiger partial charge is 0.340 e. The summed E-state index contributed by atoms with van der Waals surface area (Å²) in [5, 5.41) is 0. The lowest BCUT2D eigenvalue weighted by molar-refractivity contribution is -0.135. The standard InChI is InChI=1S/C13H26N4O3S/c1-12(2)13(18)15-6-10-17(11-7-15)21(19,20)16-8-4-14(3)5-9-16/h12H,4-11H2,1-3H3. The van der Waals surface area contributed by atoms with E-state index in [0.29, 0.717) is 39.3 Å². The van der Waals surface area contributed by atoms with Crippen LogP contribution in [-0.4, -0.2) is 92.1 Å². The number of hydrogen-bond acceptors (Lipinski definition) is 4. The van der Waals surface area contributed by atoms with Crippen LogP contribution in [0.5, 0.6) is 0 Å². The second-order valence-corrected chi connectivity index (χ2v) is 8.02. The van der Waals surface area contributed by atoms with Crippen molar-refractivity contribution in [3.8, 4) is 0 Å². The number of likely N-dealkylation sites (N-methyl/N-ethyl adjacent to an activating group) is 1. The number of nitrogens with zero attached hydrogens (tertiary/aromatic N) is 4. The lowest BCUT2D eigenvalue weighted by Gasteiger charge is -2.39. The smallest absolute Gasteiger partial charge is 0.282 e. The Morgan fingerprint density at radius 3 is 1.71 bits per heavy atom. The Balaban J connectivity index is 1.93. The Labute approximate surface area is 127 Å². The van der Waals surface area contributed by atoms with Gasteiger partial charge in [0, 0.05) is 58.3 Å². The second-order valence-electron chi connectivity index (χ2n) is 6.09. The van der Waals surface area contributed by atoms with E-state index in [1.807, 2.05) is 20.9 Å². The SMILES string of the molecule is CC(C)C(=O)N1CCN(S(=O)(=O)N2CCN(C)CC2)CC1. The molecule has 0 N–H and O–H groups in total. The van der Waals surface area contributed by atoms with Gasteiger partial charge in [-0.15, -0.1) is 0 Å². The Hall–Kier alpha value is -0.700. The van der Waals surface area contributed by atoms with E-state index in [4.69, 9.17) is 0 Å². The number of hydrogen-bond donors (Lipinski definition) is 0. The molecular weight excluding hydrogens is 292 g/mol. The molecule has 2 saturated heterocycles. The minimum Gasteiger partial charge on any atom is -0.340 e. The van der Waals surface area contributed by atoms with Crippen molar-refractivity contribution >= 4 is 16.1 Å². The quantitative estimate of drug-likeness (QED) is 0.689. The van der Waals surface area contributed by atoms with Gasteiger partial charge in [-0.2, -0.15) is 17.0 Å². The lowest BCUT2D eigenvalue weighted by Crippen LogP contribution is -2.57. The molecule has 0 spiro atoms. The first kappa shape index (κ1) is 16.7. The average molecular weight is 318 g/mol. The predicted octanol–water partition coefficient (Wildman–Crippen LogP) is -0.721. The van der Waals surface area contributed by atoms with E-state index in [9.17, 15) is 13.2 Å². The monoisotopic (exact) mass is 318 g/mol. The molecule has 2 aliphatic heterocycles. The maximum Gasteiger partial charge on any atom is 0.282 e. The molecule has 2 heterocycles. The number of amides is 1. The van der Waals surface area contributed by atoms with Crippen LogP contribution in [0.4, 0.5) is 0 Å². The summed E-state index contributed by atoms with van der Waals surface area (Å²) in [6, 6.07) is 0. The van der Waals surface area contributed by atoms with Gasteiger partial charge in [0.05, 0.1) is 0 Å². The lowest BCUT2D eigenvalue weighted by atomic mass is 10.2. The van der Waals surface area contributed by atoms with Crippen LogP contribution in [0.25, 0.3) is 0 Å². The summed E-state index contributed by atoms with van der Waals surface area (Å²) in [6.07, 6.45) is 0. The molecule has 2 aliphatic rings. The summed E-state index contributed by atoms with van der Waals surface area (Å²) >= 11 is 0. The molecule has 0 aromatic carbocycles. The van der Waals surface area contributed by atoms with Crippen molar-refractivity contribution in [2.75, 3.05) is 59.4 Å². The summed E-state index contributed by atoms with van der Waals surface area (Å²) in [4.78, 5) is 15.8. The first-order valence-corrected chi connectivity index (χ1v) is 8.94. The first-order valence-electron chi connectivity index (χ1n) is 7.55. The maximum atomic E-state index is 12.6. The Bertz CT molecular complexity index is 464. The van der Waals surface area contributed by atoms with E-state index >= 15 is 0 Å². The van der Waals surface area contributed by atoms with Gasteiger partial charge in [0.25, 0.3) is 10.2 Å². The fraction of sp³-hybridized carbons (Fsp3) is 0.923. The molecule has 1 amide bonds. The van der Waals surface area contributed by atoms with Crippen molar-refractivity contribution in [3.05, 3.63) is 0 Å². The zero-order valence-electron chi connectivity index (χ0n) is 13.2. The van der Waals surface area contributed by atoms with Crippen molar-refractivity contribution < 1.29 is 13.2 Å². The summed E-state index contributed by atoms with van der Waals surface area (Å²) in [5.41, 5.74) is 0. The van der Waals surface area contributed by atoms with Crippen LogP contribution in [0.1, 0.15) is 13.8 Å². The summed E-state index contributed by atoms with van der Waals surface area (Å²) in [6.45, 7) is 8.14. The minimum atomic E-state index is -3.38. The van der Waals surface area contributed by atoms with Gasteiger partial charge in [-0.05, 0) is 7.05 Å². The highest BCUT2D eigenvalue weighted by Crippen LogP contribution is 2.15. The van der Waals surface area contributed by atoms with Gasteiger partial charge in [0.2, 0.25) is 5.91 Å². The number of piperazine rings is 2. The molecule has 0 aromatic heterocycles. The molecular formula is C13H26N4O3S. The van der Waals surface area contributed by atoms with E-state index in [1.165, 1.54) is 4.31 Å². The Kier molecular flexibility index (Phi) is 5.24. The van der Waals surface area contributed by atoms with E-state index in [-0.39, 0.29) is 11.8 Å². The van der Waals surface area contributed by atoms with E-state index in [1.54, 1.807) is 9.21 Å². The highest BCUT2D eigenvalue weighted by molar-refractivity contribution is 7.86. The molecule has 0 saturated carbocycles. The summed E-state index contributed by atoms with van der Waals surface area (Å²) in [7, 11) is -1.38. The molecule has 0 bridgehead atoms. The van der Waals surface area contributed by atoms with Crippen LogP contribution in [-0.2, 0) is 15.0 Å². The van der Waals surface area contributed by atoms with Crippen molar-refractivity contribution in [3.63, 3.8) is 0 Å². The second kappa shape index (κ2) is 6.60. The number of carbonyl (C=O) groups is 1. The number of rotatable bonds is 3. The van der Waals surface area contributed by atoms with Crippen LogP contribution in [0.2, 0.25) is 0 Å². The molecule has 0 aromatic rings. The van der Waals surface area contributed by atoms with E-state index in [2.05, 4.69) is 4.90 Å². The van der Waals surface area contributed by atoms with Gasteiger partial charge in [-0.25, -0.2) is 0 Å². The van der Waals surface area contributed by atoms with Crippen LogP contribution in [0, 0.1) is 5.92 Å². The molecule has 8 heteroatoms. The summed E-state index contributed by atoms with van der Waals surface area (Å²) in [5.74, 6) is 0.0671. The number of carbonyl (C=O) groups excluding carboxylic acids is 1. The van der Waals surface area contributed by atoms with Crippen molar-refractivity contribution in [2.24, 2.45) is 5.92 Å². The fourth-order valence-electron chi connectivity index (χ4n) is 2.69. The molecule has 21 heavy (non-hydrogen) atoms. The first-order chi connectivity index (χ1) is 9.82. The van der Waals surface area contributed by atoms with Crippen LogP contribution in [0.15, 0.2) is 0 Å². The Morgan fingerprint density at radius 1 is 0.857 bits per heavy atom. The third-order valence-corrected chi connectivity index (χ3v) is 6.19. The highest BCUT2D eigenvalue weighted by atomic mass is 32.2. The molecule has 122 valence electrons. The van der Waals surface area contributed by atoms with Crippen molar-refractivity contribution in [2.45, 2.75) is 13.8 Å². The van der Waals surface area contributed by atoms with Crippen LogP contribution >= 0.6 is 0 Å². The van der Waals surface area contributed by atoms with Crippen LogP contribution in [0.3, 0.4) is 0 Å². The Morgan fingerprint density at radius 2 is 1.29 bits per heavy atom. The zero-order valence-corrected chi connectivity index (χ0v) is 14.0. The van der Waals surface area contributed by atoms with Gasteiger partial charge in [0.1, 0.15) is 0 Å². The van der Waals surface area contributed by atoms with Gasteiger partial charge < -0.3 is 9.80 Å². The third-order valence-electron chi connectivity index (χ3n) is 4.16.